The number of carbonyl (C=O) groups excluding carboxylic acids is 1. The van der Waals surface area contributed by atoms with E-state index in [0.717, 1.165) is 22.5 Å². The minimum Gasteiger partial charge on any atom is -0.372 e. The van der Waals surface area contributed by atoms with Crippen molar-refractivity contribution in [2.45, 2.75) is 13.0 Å². The third kappa shape index (κ3) is 6.46. The van der Waals surface area contributed by atoms with Gasteiger partial charge in [0.05, 0.1) is 24.2 Å². The maximum atomic E-state index is 12.8. The molecule has 1 atom stereocenters. The Balaban J connectivity index is 1.26. The average Bonchev–Trinajstić information content (AvgIpc) is 3.70. The fraction of sp³-hybridized carbons (Fsp3) is 0.154. The van der Waals surface area contributed by atoms with Gasteiger partial charge in [0.1, 0.15) is 0 Å². The molecular weight excluding hydrogens is 492 g/mol. The number of epoxide rings is 1. The normalized spacial score (nSPS) is 14.6. The highest BCUT2D eigenvalue weighted by molar-refractivity contribution is 7.92. The van der Waals surface area contributed by atoms with Crippen molar-refractivity contribution in [2.75, 3.05) is 27.7 Å². The number of aryl methyl sites for hydroxylation is 1. The van der Waals surface area contributed by atoms with E-state index in [1.165, 1.54) is 0 Å². The van der Waals surface area contributed by atoms with Crippen LogP contribution in [0, 0.1) is 6.92 Å². The van der Waals surface area contributed by atoms with Gasteiger partial charge in [-0.1, -0.05) is 6.07 Å². The summed E-state index contributed by atoms with van der Waals surface area (Å²) in [5.74, 6) is 0.00214. The van der Waals surface area contributed by atoms with Crippen molar-refractivity contribution in [3.05, 3.63) is 90.4 Å². The molecule has 5 rings (SSSR count). The van der Waals surface area contributed by atoms with Crippen LogP contribution < -0.4 is 15.4 Å². The van der Waals surface area contributed by atoms with Crippen LogP contribution in [0.25, 0.3) is 11.3 Å². The van der Waals surface area contributed by atoms with Gasteiger partial charge < -0.3 is 15.4 Å². The second-order valence-electron chi connectivity index (χ2n) is 8.53. The zero-order valence-electron chi connectivity index (χ0n) is 19.9. The van der Waals surface area contributed by atoms with Gasteiger partial charge in [-0.15, -0.1) is 0 Å². The Labute approximate surface area is 214 Å². The summed E-state index contributed by atoms with van der Waals surface area (Å²) in [6, 6.07) is 17.3. The van der Waals surface area contributed by atoms with Gasteiger partial charge in [-0.05, 0) is 67.1 Å². The lowest BCUT2D eigenvalue weighted by atomic mass is 10.1. The Bertz CT molecular complexity index is 1520. The number of hydrogen-bond acceptors (Lipinski definition) is 8. The summed E-state index contributed by atoms with van der Waals surface area (Å²) >= 11 is 0. The highest BCUT2D eigenvalue weighted by Gasteiger charge is 2.29. The predicted molar refractivity (Wildman–Crippen MR) is 141 cm³/mol. The molecule has 0 spiro atoms. The van der Waals surface area contributed by atoms with Crippen LogP contribution in [-0.2, 0) is 14.8 Å². The van der Waals surface area contributed by atoms with Crippen molar-refractivity contribution >= 4 is 38.9 Å². The second kappa shape index (κ2) is 10.3. The van der Waals surface area contributed by atoms with Gasteiger partial charge in [-0.2, -0.15) is 0 Å². The molecule has 1 amide bonds. The van der Waals surface area contributed by atoms with E-state index < -0.39 is 10.0 Å². The molecule has 1 fully saturated rings. The van der Waals surface area contributed by atoms with E-state index in [2.05, 4.69) is 30.3 Å². The van der Waals surface area contributed by atoms with E-state index in [0.29, 0.717) is 29.5 Å². The molecule has 1 aliphatic rings. The summed E-state index contributed by atoms with van der Waals surface area (Å²) in [4.78, 5) is 25.8. The van der Waals surface area contributed by atoms with E-state index in [1.54, 1.807) is 55.0 Å². The topological polar surface area (TPSA) is 138 Å². The molecule has 188 valence electrons. The monoisotopic (exact) mass is 516 g/mol. The third-order valence-electron chi connectivity index (χ3n) is 5.58. The summed E-state index contributed by atoms with van der Waals surface area (Å²) in [5.41, 5.74) is 4.65. The van der Waals surface area contributed by atoms with Crippen molar-refractivity contribution in [3.8, 4) is 11.3 Å². The highest BCUT2D eigenvalue weighted by Crippen LogP contribution is 2.25. The van der Waals surface area contributed by atoms with Crippen molar-refractivity contribution < 1.29 is 17.9 Å². The second-order valence-corrected chi connectivity index (χ2v) is 10.3. The summed E-state index contributed by atoms with van der Waals surface area (Å²) < 4.78 is 31.7. The summed E-state index contributed by atoms with van der Waals surface area (Å²) in [6.45, 7) is 2.40. The first kappa shape index (κ1) is 24.3. The van der Waals surface area contributed by atoms with E-state index in [1.807, 2.05) is 31.2 Å². The highest BCUT2D eigenvalue weighted by atomic mass is 32.2. The van der Waals surface area contributed by atoms with Crippen LogP contribution in [-0.4, -0.2) is 47.7 Å². The number of rotatable bonds is 9. The Morgan fingerprint density at radius 1 is 1.05 bits per heavy atom. The first-order valence-corrected chi connectivity index (χ1v) is 13.1. The lowest BCUT2D eigenvalue weighted by Crippen LogP contribution is -2.20. The Kier molecular flexibility index (Phi) is 6.80. The number of amides is 1. The van der Waals surface area contributed by atoms with E-state index in [-0.39, 0.29) is 17.8 Å². The van der Waals surface area contributed by atoms with Gasteiger partial charge in [0, 0.05) is 46.8 Å². The number of ether oxygens (including phenoxy) is 1. The number of nitrogens with one attached hydrogen (secondary N) is 3. The molecule has 4 aromatic rings. The Morgan fingerprint density at radius 2 is 1.84 bits per heavy atom. The number of benzene rings is 2. The number of aromatic nitrogens is 3. The smallest absolute Gasteiger partial charge is 0.255 e. The van der Waals surface area contributed by atoms with Crippen LogP contribution in [0.4, 0.5) is 23.0 Å². The molecule has 0 saturated carbocycles. The number of carbonyl (C=O) groups is 1. The number of sulfonamides is 1. The average molecular weight is 517 g/mol. The van der Waals surface area contributed by atoms with Gasteiger partial charge in [0.2, 0.25) is 16.0 Å². The maximum Gasteiger partial charge on any atom is 0.255 e. The summed E-state index contributed by atoms with van der Waals surface area (Å²) in [5, 5.41) is 6.08. The lowest BCUT2D eigenvalue weighted by molar-refractivity contribution is 0.102. The van der Waals surface area contributed by atoms with Crippen LogP contribution in [0.1, 0.15) is 15.9 Å². The quantitative estimate of drug-likeness (QED) is 0.284. The maximum absolute atomic E-state index is 12.8. The number of pyridine rings is 1. The number of hydrogen-bond donors (Lipinski definition) is 3. The van der Waals surface area contributed by atoms with Crippen LogP contribution in [0.15, 0.2) is 79.3 Å². The van der Waals surface area contributed by atoms with Gasteiger partial charge >= 0.3 is 0 Å². The van der Waals surface area contributed by atoms with E-state index in [4.69, 9.17) is 4.74 Å². The van der Waals surface area contributed by atoms with Gasteiger partial charge in [0.25, 0.3) is 5.91 Å². The molecule has 0 aliphatic carbocycles. The molecule has 2 aromatic carbocycles. The fourth-order valence-corrected chi connectivity index (χ4v) is 4.83. The SMILES string of the molecule is Cc1ccc(NC(=O)c2ccc(NS(=O)(=O)CC3CO3)cc2)cc1Nc1nccc(-c2cccnc2)n1. The number of anilines is 4. The van der Waals surface area contributed by atoms with Crippen molar-refractivity contribution in [1.82, 2.24) is 15.0 Å². The number of nitrogens with zero attached hydrogens (tertiary/aromatic N) is 3. The van der Waals surface area contributed by atoms with Crippen molar-refractivity contribution in [2.24, 2.45) is 0 Å². The predicted octanol–water partition coefficient (Wildman–Crippen LogP) is 3.98. The molecule has 0 bridgehead atoms. The Morgan fingerprint density at radius 3 is 2.57 bits per heavy atom. The minimum atomic E-state index is -3.50. The van der Waals surface area contributed by atoms with Crippen LogP contribution in [0.3, 0.4) is 0 Å². The summed E-state index contributed by atoms with van der Waals surface area (Å²) in [6.07, 6.45) is 4.86. The fourth-order valence-electron chi connectivity index (χ4n) is 3.57. The minimum absolute atomic E-state index is 0.0855. The molecule has 2 aromatic heterocycles. The van der Waals surface area contributed by atoms with Crippen LogP contribution >= 0.6 is 0 Å². The van der Waals surface area contributed by atoms with Crippen molar-refractivity contribution in [1.29, 1.82) is 0 Å². The van der Waals surface area contributed by atoms with Gasteiger partial charge in [0.15, 0.2) is 0 Å². The molecule has 37 heavy (non-hydrogen) atoms. The van der Waals surface area contributed by atoms with Gasteiger partial charge in [-0.25, -0.2) is 18.4 Å². The largest absolute Gasteiger partial charge is 0.372 e. The Hall–Kier alpha value is -4.35. The molecular formula is C26H24N6O4S. The molecule has 10 nitrogen and oxygen atoms in total. The third-order valence-corrected chi connectivity index (χ3v) is 6.94. The van der Waals surface area contributed by atoms with Crippen LogP contribution in [0.5, 0.6) is 0 Å². The standard InChI is InChI=1S/C26H24N6O4S/c1-17-4-7-21(13-24(17)31-26-28-12-10-23(30-26)19-3-2-11-27-14-19)29-25(33)18-5-8-20(9-6-18)32-37(34,35)16-22-15-36-22/h2-14,22,32H,15-16H2,1H3,(H,29,33)(H,28,30,31). The van der Waals surface area contributed by atoms with E-state index in [9.17, 15) is 13.2 Å². The van der Waals surface area contributed by atoms with Gasteiger partial charge in [-0.3, -0.25) is 14.5 Å². The first-order valence-electron chi connectivity index (χ1n) is 11.5. The summed E-state index contributed by atoms with van der Waals surface area (Å²) in [7, 11) is -3.50. The van der Waals surface area contributed by atoms with Crippen LogP contribution in [0.2, 0.25) is 0 Å². The molecule has 1 aliphatic heterocycles. The lowest BCUT2D eigenvalue weighted by Gasteiger charge is -2.12. The molecule has 0 radical (unpaired) electrons. The molecule has 3 N–H and O–H groups in total. The zero-order chi connectivity index (χ0) is 25.8. The molecule has 3 heterocycles. The zero-order valence-corrected chi connectivity index (χ0v) is 20.7. The van der Waals surface area contributed by atoms with E-state index >= 15 is 0 Å². The van der Waals surface area contributed by atoms with Crippen molar-refractivity contribution in [3.63, 3.8) is 0 Å². The molecule has 11 heteroatoms. The molecule has 1 saturated heterocycles. The molecule has 1 unspecified atom stereocenters. The first-order chi connectivity index (χ1) is 17.8.